The minimum atomic E-state index is -8.23. The zero-order valence-electron chi connectivity index (χ0n) is 15.6. The summed E-state index contributed by atoms with van der Waals surface area (Å²) < 4.78 is 195. The molecule has 1 unspecified atom stereocenters. The van der Waals surface area contributed by atoms with E-state index in [2.05, 4.69) is 0 Å². The fraction of sp³-hybridized carbons (Fsp3) is 1.00. The van der Waals surface area contributed by atoms with Crippen molar-refractivity contribution in [3.05, 3.63) is 0 Å². The first kappa shape index (κ1) is 30.7. The maximum absolute atomic E-state index is 13.9. The minimum absolute atomic E-state index is 0.0972. The molecule has 0 aliphatic carbocycles. The van der Waals surface area contributed by atoms with Crippen molar-refractivity contribution in [3.8, 4) is 0 Å². The van der Waals surface area contributed by atoms with E-state index in [-0.39, 0.29) is 12.8 Å². The molecule has 0 fully saturated rings. The van der Waals surface area contributed by atoms with E-state index in [1.165, 1.54) is 0 Å². The van der Waals surface area contributed by atoms with Gasteiger partial charge in [-0.2, -0.15) is 65.9 Å². The number of rotatable bonds is 11. The highest BCUT2D eigenvalue weighted by Gasteiger charge is 2.93. The van der Waals surface area contributed by atoms with Crippen LogP contribution in [0, 0.1) is 0 Å². The average Bonchev–Trinajstić information content (AvgIpc) is 2.51. The lowest BCUT2D eigenvalue weighted by atomic mass is 9.86. The van der Waals surface area contributed by atoms with Crippen molar-refractivity contribution in [3.63, 3.8) is 0 Å². The molecule has 0 bridgehead atoms. The van der Waals surface area contributed by atoms with Crippen molar-refractivity contribution in [2.45, 2.75) is 91.1 Å². The first-order valence-corrected chi connectivity index (χ1v) is 9.37. The van der Waals surface area contributed by atoms with E-state index in [0.29, 0.717) is 12.8 Å². The lowest BCUT2D eigenvalue weighted by Crippen LogP contribution is -2.72. The Labute approximate surface area is 180 Å². The van der Waals surface area contributed by atoms with Crippen LogP contribution >= 0.6 is 22.6 Å². The monoisotopic (exact) mass is 608 g/mol. The molecule has 0 aromatic heterocycles. The Morgan fingerprint density at radius 1 is 0.548 bits per heavy atom. The zero-order chi connectivity index (χ0) is 25.5. The molecule has 188 valence electrons. The van der Waals surface area contributed by atoms with Gasteiger partial charge in [0, 0.05) is 9.84 Å². The van der Waals surface area contributed by atoms with Crippen LogP contribution in [0.3, 0.4) is 0 Å². The topological polar surface area (TPSA) is 0 Å². The van der Waals surface area contributed by atoms with Gasteiger partial charge in [0.1, 0.15) is 0 Å². The summed E-state index contributed by atoms with van der Waals surface area (Å²) in [6, 6.07) is 0. The summed E-state index contributed by atoms with van der Waals surface area (Å²) in [5.74, 6) is -46.0. The number of hydrogen-bond donors (Lipinski definition) is 0. The molecule has 31 heavy (non-hydrogen) atoms. The molecule has 0 amide bonds. The first-order chi connectivity index (χ1) is 13.3. The van der Waals surface area contributed by atoms with Gasteiger partial charge in [0.25, 0.3) is 0 Å². The Kier molecular flexibility index (Phi) is 8.71. The summed E-state index contributed by atoms with van der Waals surface area (Å²) in [5.41, 5.74) is 0. The molecular formula is C15H16F15I. The minimum Gasteiger partial charge on any atom is -0.200 e. The SMILES string of the molecule is CCCCCC(C)(I)CC(F)(F)C(F)(F)C(F)(F)C(F)(F)C(F)(F)C(F)(F)C(F)(F)F. The van der Waals surface area contributed by atoms with Gasteiger partial charge in [0.2, 0.25) is 0 Å². The molecule has 0 heterocycles. The fourth-order valence-corrected chi connectivity index (χ4v) is 3.27. The first-order valence-electron chi connectivity index (χ1n) is 8.29. The quantitative estimate of drug-likeness (QED) is 0.0956. The summed E-state index contributed by atoms with van der Waals surface area (Å²) in [5, 5.41) is 0. The van der Waals surface area contributed by atoms with Crippen molar-refractivity contribution in [1.29, 1.82) is 0 Å². The van der Waals surface area contributed by atoms with Crippen LogP contribution in [0.15, 0.2) is 0 Å². The normalized spacial score (nSPS) is 17.6. The maximum atomic E-state index is 13.9. The van der Waals surface area contributed by atoms with Crippen LogP contribution in [0.5, 0.6) is 0 Å². The average molecular weight is 608 g/mol. The Hall–Kier alpha value is -0.320. The van der Waals surface area contributed by atoms with Crippen molar-refractivity contribution >= 4 is 22.6 Å². The molecule has 0 N–H and O–H groups in total. The van der Waals surface area contributed by atoms with Crippen LogP contribution < -0.4 is 0 Å². The summed E-state index contributed by atoms with van der Waals surface area (Å²) in [6.45, 7) is 2.47. The van der Waals surface area contributed by atoms with Crippen molar-refractivity contribution < 1.29 is 65.9 Å². The van der Waals surface area contributed by atoms with E-state index in [4.69, 9.17) is 0 Å². The van der Waals surface area contributed by atoms with E-state index < -0.39 is 51.6 Å². The second kappa shape index (κ2) is 8.80. The molecule has 0 spiro atoms. The van der Waals surface area contributed by atoms with Crippen LogP contribution in [0.2, 0.25) is 0 Å². The number of alkyl halides is 16. The third kappa shape index (κ3) is 5.27. The number of unbranched alkanes of at least 4 members (excludes halogenated alkanes) is 2. The Bertz CT molecular complexity index is 606. The van der Waals surface area contributed by atoms with Gasteiger partial charge in [-0.25, -0.2) is 0 Å². The Morgan fingerprint density at radius 3 is 1.26 bits per heavy atom. The van der Waals surface area contributed by atoms with Crippen LogP contribution in [0.1, 0.15) is 46.0 Å². The molecule has 0 saturated carbocycles. The van der Waals surface area contributed by atoms with E-state index in [1.54, 1.807) is 6.92 Å². The zero-order valence-corrected chi connectivity index (χ0v) is 17.7. The largest absolute Gasteiger partial charge is 0.460 e. The molecule has 0 radical (unpaired) electrons. The van der Waals surface area contributed by atoms with Crippen LogP contribution in [-0.4, -0.2) is 45.1 Å². The van der Waals surface area contributed by atoms with E-state index in [9.17, 15) is 65.9 Å². The van der Waals surface area contributed by atoms with Crippen molar-refractivity contribution in [1.82, 2.24) is 0 Å². The molecule has 0 aromatic rings. The standard InChI is InChI=1S/C15H16F15I/c1-3-4-5-6-8(2,31)7-9(16,17)10(18,19)11(20,21)12(22,23)13(24,25)14(26,27)15(28,29)30/h3-7H2,1-2H3. The smallest absolute Gasteiger partial charge is 0.200 e. The third-order valence-corrected chi connectivity index (χ3v) is 5.21. The van der Waals surface area contributed by atoms with E-state index in [1.807, 2.05) is 0 Å². The molecule has 16 heteroatoms. The maximum Gasteiger partial charge on any atom is 0.460 e. The number of hydrogen-bond acceptors (Lipinski definition) is 0. The van der Waals surface area contributed by atoms with Crippen LogP contribution in [0.4, 0.5) is 65.9 Å². The van der Waals surface area contributed by atoms with Gasteiger partial charge < -0.3 is 0 Å². The van der Waals surface area contributed by atoms with E-state index >= 15 is 0 Å². The fourth-order valence-electron chi connectivity index (χ4n) is 2.41. The van der Waals surface area contributed by atoms with Crippen molar-refractivity contribution in [2.75, 3.05) is 0 Å². The molecule has 0 nitrogen and oxygen atoms in total. The summed E-state index contributed by atoms with van der Waals surface area (Å²) in [6.07, 6.45) is -9.24. The Morgan fingerprint density at radius 2 is 0.903 bits per heavy atom. The van der Waals surface area contributed by atoms with Gasteiger partial charge in [-0.05, 0) is 6.42 Å². The molecule has 0 aromatic carbocycles. The molecule has 0 aliphatic rings. The van der Waals surface area contributed by atoms with Crippen LogP contribution in [-0.2, 0) is 0 Å². The van der Waals surface area contributed by atoms with Gasteiger partial charge in [-0.3, -0.25) is 0 Å². The predicted octanol–water partition coefficient (Wildman–Crippen LogP) is 8.52. The van der Waals surface area contributed by atoms with Gasteiger partial charge in [0.15, 0.2) is 0 Å². The predicted molar refractivity (Wildman–Crippen MR) is 86.9 cm³/mol. The molecule has 0 saturated heterocycles. The molecule has 0 aliphatic heterocycles. The lowest BCUT2D eigenvalue weighted by Gasteiger charge is -2.42. The second-order valence-electron chi connectivity index (χ2n) is 7.12. The molecule has 0 rings (SSSR count). The lowest BCUT2D eigenvalue weighted by molar-refractivity contribution is -0.452. The van der Waals surface area contributed by atoms with Gasteiger partial charge in [-0.15, -0.1) is 0 Å². The summed E-state index contributed by atoms with van der Waals surface area (Å²) >= 11 is 1.11. The highest BCUT2D eigenvalue weighted by Crippen LogP contribution is 2.63. The second-order valence-corrected chi connectivity index (χ2v) is 9.73. The number of halogens is 16. The summed E-state index contributed by atoms with van der Waals surface area (Å²) in [7, 11) is 0. The Balaban J connectivity index is 6.26. The summed E-state index contributed by atoms with van der Waals surface area (Å²) in [4.78, 5) is 0. The van der Waals surface area contributed by atoms with Gasteiger partial charge >= 0.3 is 41.7 Å². The third-order valence-electron chi connectivity index (χ3n) is 4.28. The van der Waals surface area contributed by atoms with Crippen molar-refractivity contribution in [2.24, 2.45) is 0 Å². The molecular weight excluding hydrogens is 592 g/mol. The highest BCUT2D eigenvalue weighted by molar-refractivity contribution is 14.1. The van der Waals surface area contributed by atoms with E-state index in [0.717, 1.165) is 29.5 Å². The van der Waals surface area contributed by atoms with Gasteiger partial charge in [-0.1, -0.05) is 55.7 Å². The highest BCUT2D eigenvalue weighted by atomic mass is 127. The molecule has 1 atom stereocenters. The van der Waals surface area contributed by atoms with Gasteiger partial charge in [0.05, 0.1) is 0 Å². The van der Waals surface area contributed by atoms with Crippen LogP contribution in [0.25, 0.3) is 0 Å².